The molecule has 1 aliphatic heterocycles. The Morgan fingerprint density at radius 2 is 2.04 bits per heavy atom. The van der Waals surface area contributed by atoms with Gasteiger partial charge in [0, 0.05) is 12.6 Å². The predicted octanol–water partition coefficient (Wildman–Crippen LogP) is 4.34. The molecule has 0 radical (unpaired) electrons. The number of esters is 1. The number of halogens is 2. The van der Waals surface area contributed by atoms with Crippen LogP contribution in [0.15, 0.2) is 64.5 Å². The molecule has 28 heavy (non-hydrogen) atoms. The van der Waals surface area contributed by atoms with Crippen LogP contribution in [0.1, 0.15) is 5.56 Å². The van der Waals surface area contributed by atoms with E-state index in [0.717, 1.165) is 23.4 Å². The van der Waals surface area contributed by atoms with Crippen LogP contribution in [0.3, 0.4) is 0 Å². The Morgan fingerprint density at radius 1 is 1.29 bits per heavy atom. The first-order chi connectivity index (χ1) is 13.5. The van der Waals surface area contributed by atoms with Crippen LogP contribution in [-0.2, 0) is 20.7 Å². The molecule has 0 N–H and O–H groups in total. The van der Waals surface area contributed by atoms with E-state index in [0.29, 0.717) is 23.8 Å². The van der Waals surface area contributed by atoms with Crippen molar-refractivity contribution in [2.45, 2.75) is 6.42 Å². The van der Waals surface area contributed by atoms with Crippen LogP contribution in [-0.4, -0.2) is 35.6 Å². The maximum Gasteiger partial charge on any atom is 0.331 e. The molecule has 1 heterocycles. The van der Waals surface area contributed by atoms with Crippen molar-refractivity contribution >= 4 is 46.1 Å². The second-order valence-electron chi connectivity index (χ2n) is 5.82. The fraction of sp³-hybridized carbons (Fsp3) is 0.150. The Balaban J connectivity index is 1.90. The number of thioether (sulfide) groups is 1. The van der Waals surface area contributed by atoms with Crippen LogP contribution in [0, 0.1) is 5.82 Å². The normalized spacial score (nSPS) is 16.8. The molecule has 0 unspecified atom stereocenters. The minimum Gasteiger partial charge on any atom is -0.466 e. The third kappa shape index (κ3) is 4.79. The average molecular weight is 419 g/mol. The third-order valence-electron chi connectivity index (χ3n) is 3.93. The number of benzene rings is 2. The number of aliphatic imine (C=N–C) groups is 1. The van der Waals surface area contributed by atoms with E-state index in [1.165, 1.54) is 30.2 Å². The van der Waals surface area contributed by atoms with Gasteiger partial charge in [0.2, 0.25) is 0 Å². The van der Waals surface area contributed by atoms with Crippen molar-refractivity contribution in [2.24, 2.45) is 4.99 Å². The van der Waals surface area contributed by atoms with E-state index in [4.69, 9.17) is 11.6 Å². The lowest BCUT2D eigenvalue weighted by Crippen LogP contribution is -2.31. The lowest BCUT2D eigenvalue weighted by atomic mass is 10.1. The first-order valence-corrected chi connectivity index (χ1v) is 9.54. The zero-order chi connectivity index (χ0) is 20.1. The lowest BCUT2D eigenvalue weighted by Gasteiger charge is -2.15. The van der Waals surface area contributed by atoms with Crippen molar-refractivity contribution in [3.8, 4) is 0 Å². The largest absolute Gasteiger partial charge is 0.466 e. The van der Waals surface area contributed by atoms with Gasteiger partial charge < -0.3 is 4.74 Å². The second kappa shape index (κ2) is 9.03. The van der Waals surface area contributed by atoms with Crippen LogP contribution in [0.4, 0.5) is 10.1 Å². The summed E-state index contributed by atoms with van der Waals surface area (Å²) >= 11 is 6.88. The Hall–Kier alpha value is -2.64. The summed E-state index contributed by atoms with van der Waals surface area (Å²) in [5.41, 5.74) is 1.47. The molecule has 0 aromatic heterocycles. The number of amidine groups is 1. The molecule has 0 bridgehead atoms. The molecule has 0 atom stereocenters. The van der Waals surface area contributed by atoms with E-state index >= 15 is 0 Å². The number of methoxy groups -OCH3 is 1. The summed E-state index contributed by atoms with van der Waals surface area (Å²) in [6, 6.07) is 13.8. The number of nitrogens with zero attached hydrogens (tertiary/aromatic N) is 2. The highest BCUT2D eigenvalue weighted by molar-refractivity contribution is 8.18. The number of ether oxygens (including phenoxy) is 1. The monoisotopic (exact) mass is 418 g/mol. The van der Waals surface area contributed by atoms with Crippen LogP contribution in [0.5, 0.6) is 0 Å². The van der Waals surface area contributed by atoms with Crippen molar-refractivity contribution in [1.82, 2.24) is 4.90 Å². The molecule has 1 saturated heterocycles. The number of carbonyl (C=O) groups is 2. The standard InChI is InChI=1S/C20H16ClFN2O3S/c1-27-18(25)12-17-19(26)24(10-9-13-5-3-2-4-6-13)20(28-17)23-14-7-8-16(22)15(21)11-14/h2-8,11-12H,9-10H2,1H3. The molecule has 1 amide bonds. The van der Waals surface area contributed by atoms with Crippen molar-refractivity contribution in [1.29, 1.82) is 0 Å². The summed E-state index contributed by atoms with van der Waals surface area (Å²) in [4.78, 5) is 30.5. The van der Waals surface area contributed by atoms with E-state index in [1.807, 2.05) is 30.3 Å². The van der Waals surface area contributed by atoms with Crippen LogP contribution >= 0.6 is 23.4 Å². The molecular formula is C20H16ClFN2O3S. The second-order valence-corrected chi connectivity index (χ2v) is 7.24. The number of amides is 1. The van der Waals surface area contributed by atoms with Gasteiger partial charge >= 0.3 is 5.97 Å². The molecule has 5 nitrogen and oxygen atoms in total. The topological polar surface area (TPSA) is 59.0 Å². The van der Waals surface area contributed by atoms with Gasteiger partial charge in [-0.05, 0) is 41.9 Å². The summed E-state index contributed by atoms with van der Waals surface area (Å²) in [6.45, 7) is 0.377. The summed E-state index contributed by atoms with van der Waals surface area (Å²) < 4.78 is 18.0. The summed E-state index contributed by atoms with van der Waals surface area (Å²) in [5.74, 6) is -1.50. The maximum absolute atomic E-state index is 13.4. The fourth-order valence-electron chi connectivity index (χ4n) is 2.51. The molecular weight excluding hydrogens is 403 g/mol. The van der Waals surface area contributed by atoms with E-state index in [-0.39, 0.29) is 15.8 Å². The minimum absolute atomic E-state index is 0.0580. The molecule has 1 aliphatic rings. The van der Waals surface area contributed by atoms with Crippen molar-refractivity contribution in [2.75, 3.05) is 13.7 Å². The summed E-state index contributed by atoms with van der Waals surface area (Å²) in [5, 5.41) is 0.330. The number of hydrogen-bond acceptors (Lipinski definition) is 5. The van der Waals surface area contributed by atoms with Gasteiger partial charge in [-0.15, -0.1) is 0 Å². The van der Waals surface area contributed by atoms with E-state index < -0.39 is 11.8 Å². The van der Waals surface area contributed by atoms with E-state index in [1.54, 1.807) is 0 Å². The number of hydrogen-bond donors (Lipinski definition) is 0. The zero-order valence-electron chi connectivity index (χ0n) is 14.9. The van der Waals surface area contributed by atoms with Gasteiger partial charge in [-0.3, -0.25) is 9.69 Å². The fourth-order valence-corrected chi connectivity index (χ4v) is 3.66. The molecule has 0 saturated carbocycles. The molecule has 8 heteroatoms. The van der Waals surface area contributed by atoms with Crippen LogP contribution in [0.2, 0.25) is 5.02 Å². The Morgan fingerprint density at radius 3 is 2.71 bits per heavy atom. The lowest BCUT2D eigenvalue weighted by molar-refractivity contribution is -0.135. The Kier molecular flexibility index (Phi) is 6.49. The first-order valence-electron chi connectivity index (χ1n) is 8.35. The van der Waals surface area contributed by atoms with Gasteiger partial charge in [0.15, 0.2) is 5.17 Å². The van der Waals surface area contributed by atoms with Gasteiger partial charge in [-0.25, -0.2) is 14.2 Å². The number of rotatable bonds is 5. The third-order valence-corrected chi connectivity index (χ3v) is 5.23. The van der Waals surface area contributed by atoms with Crippen LogP contribution < -0.4 is 0 Å². The van der Waals surface area contributed by atoms with Gasteiger partial charge in [-0.1, -0.05) is 41.9 Å². The van der Waals surface area contributed by atoms with E-state index in [2.05, 4.69) is 9.73 Å². The molecule has 1 fully saturated rings. The van der Waals surface area contributed by atoms with E-state index in [9.17, 15) is 14.0 Å². The average Bonchev–Trinajstić information content (AvgIpc) is 2.98. The molecule has 144 valence electrons. The van der Waals surface area contributed by atoms with Gasteiger partial charge in [0.05, 0.1) is 22.7 Å². The predicted molar refractivity (Wildman–Crippen MR) is 108 cm³/mol. The molecule has 0 spiro atoms. The Labute approximate surface area is 170 Å². The molecule has 2 aromatic rings. The smallest absolute Gasteiger partial charge is 0.331 e. The minimum atomic E-state index is -0.620. The zero-order valence-corrected chi connectivity index (χ0v) is 16.5. The van der Waals surface area contributed by atoms with Gasteiger partial charge in [0.1, 0.15) is 5.82 Å². The maximum atomic E-state index is 13.4. The van der Waals surface area contributed by atoms with Crippen LogP contribution in [0.25, 0.3) is 0 Å². The highest BCUT2D eigenvalue weighted by Gasteiger charge is 2.33. The number of carbonyl (C=O) groups excluding carboxylic acids is 2. The molecule has 3 rings (SSSR count). The SMILES string of the molecule is COC(=O)C=C1SC(=Nc2ccc(F)c(Cl)c2)N(CCc2ccccc2)C1=O. The summed E-state index contributed by atoms with van der Waals surface area (Å²) in [6.07, 6.45) is 1.75. The summed E-state index contributed by atoms with van der Waals surface area (Å²) in [7, 11) is 1.24. The van der Waals surface area contributed by atoms with Gasteiger partial charge in [-0.2, -0.15) is 0 Å². The van der Waals surface area contributed by atoms with Gasteiger partial charge in [0.25, 0.3) is 5.91 Å². The molecule has 2 aromatic carbocycles. The highest BCUT2D eigenvalue weighted by atomic mass is 35.5. The van der Waals surface area contributed by atoms with Crippen molar-refractivity contribution in [3.05, 3.63) is 75.9 Å². The Bertz CT molecular complexity index is 963. The van der Waals surface area contributed by atoms with Crippen molar-refractivity contribution in [3.63, 3.8) is 0 Å². The van der Waals surface area contributed by atoms with Crippen molar-refractivity contribution < 1.29 is 18.7 Å². The quantitative estimate of drug-likeness (QED) is 0.535. The first kappa shape index (κ1) is 20.1. The molecule has 0 aliphatic carbocycles. The highest BCUT2D eigenvalue weighted by Crippen LogP contribution is 2.33.